The highest BCUT2D eigenvalue weighted by atomic mass is 32.1. The van der Waals surface area contributed by atoms with E-state index in [1.807, 2.05) is 26.8 Å². The number of rotatable bonds is 6. The minimum absolute atomic E-state index is 0.200. The minimum Gasteiger partial charge on any atom is -0.453 e. The van der Waals surface area contributed by atoms with Crippen molar-refractivity contribution in [2.45, 2.75) is 59.1 Å². The third kappa shape index (κ3) is 4.22. The van der Waals surface area contributed by atoms with Gasteiger partial charge in [0.2, 0.25) is 0 Å². The fourth-order valence-electron chi connectivity index (χ4n) is 4.45. The summed E-state index contributed by atoms with van der Waals surface area (Å²) in [5, 5.41) is 14.5. The van der Waals surface area contributed by atoms with Gasteiger partial charge in [-0.25, -0.2) is 0 Å². The predicted octanol–water partition coefficient (Wildman–Crippen LogP) is 4.83. The number of nitrogens with one attached hydrogen (secondary N) is 2. The number of nitrogens with zero attached hydrogens (tertiary/aromatic N) is 2. The third-order valence-electron chi connectivity index (χ3n) is 6.50. The number of thiophene rings is 1. The van der Waals surface area contributed by atoms with E-state index in [-0.39, 0.29) is 17.5 Å². The summed E-state index contributed by atoms with van der Waals surface area (Å²) in [7, 11) is 1.68. The second-order valence-electron chi connectivity index (χ2n) is 10.1. The Morgan fingerprint density at radius 3 is 2.64 bits per heavy atom. The molecule has 4 aromatic rings. The van der Waals surface area contributed by atoms with Gasteiger partial charge in [-0.1, -0.05) is 0 Å². The van der Waals surface area contributed by atoms with Crippen LogP contribution in [0.3, 0.4) is 0 Å². The van der Waals surface area contributed by atoms with Crippen molar-refractivity contribution in [2.24, 2.45) is 7.05 Å². The maximum absolute atomic E-state index is 13.0. The Balaban J connectivity index is 1.74. The topological polar surface area (TPSA) is 109 Å². The van der Waals surface area contributed by atoms with Gasteiger partial charge in [0.1, 0.15) is 17.0 Å². The molecule has 0 bridgehead atoms. The Labute approximate surface area is 213 Å². The summed E-state index contributed by atoms with van der Waals surface area (Å²) in [6, 6.07) is 3.82. The monoisotopic (exact) mass is 506 g/mol. The van der Waals surface area contributed by atoms with Crippen LogP contribution in [-0.2, 0) is 12.6 Å². The van der Waals surface area contributed by atoms with Gasteiger partial charge < -0.3 is 24.7 Å². The summed E-state index contributed by atoms with van der Waals surface area (Å²) in [6.45, 7) is 9.26. The summed E-state index contributed by atoms with van der Waals surface area (Å²) >= 11 is 1.42. The van der Waals surface area contributed by atoms with E-state index in [0.29, 0.717) is 28.1 Å². The molecule has 0 aromatic carbocycles. The molecule has 9 heteroatoms. The lowest BCUT2D eigenvalue weighted by Gasteiger charge is -2.17. The number of aromatic nitrogens is 3. The van der Waals surface area contributed by atoms with Crippen molar-refractivity contribution < 1.29 is 14.6 Å². The van der Waals surface area contributed by atoms with E-state index in [1.165, 1.54) is 15.9 Å². The average molecular weight is 507 g/mol. The van der Waals surface area contributed by atoms with E-state index in [0.717, 1.165) is 45.0 Å². The molecule has 1 saturated carbocycles. The van der Waals surface area contributed by atoms with Crippen molar-refractivity contribution in [3.8, 4) is 21.9 Å². The normalized spacial score (nSPS) is 13.9. The van der Waals surface area contributed by atoms with Gasteiger partial charge >= 0.3 is 0 Å². The Morgan fingerprint density at radius 1 is 1.28 bits per heavy atom. The molecular weight excluding hydrogens is 476 g/mol. The number of ether oxygens (including phenoxy) is 1. The van der Waals surface area contributed by atoms with E-state index in [4.69, 9.17) is 4.74 Å². The molecule has 0 atom stereocenters. The first-order valence-electron chi connectivity index (χ1n) is 12.0. The van der Waals surface area contributed by atoms with Crippen LogP contribution in [0.2, 0.25) is 0 Å². The Hall–Kier alpha value is -3.43. The molecule has 1 aliphatic carbocycles. The SMILES string of the molecule is Cc1ccnc(C)c1Oc1c(-c2cn(C)c(=O)c3[nH]c(C(=O)NC4CC4)cc23)sc(C(C)(C)O)c1C. The molecule has 188 valence electrons. The van der Waals surface area contributed by atoms with Crippen molar-refractivity contribution in [1.82, 2.24) is 19.9 Å². The van der Waals surface area contributed by atoms with E-state index in [2.05, 4.69) is 15.3 Å². The summed E-state index contributed by atoms with van der Waals surface area (Å²) in [5.41, 5.74) is 2.62. The van der Waals surface area contributed by atoms with Gasteiger partial charge in [0.05, 0.1) is 16.2 Å². The number of aryl methyl sites for hydroxylation is 3. The minimum atomic E-state index is -1.10. The number of fused-ring (bicyclic) bond motifs is 1. The molecular formula is C27H30N4O4S. The number of carbonyl (C=O) groups excluding carboxylic acids is 1. The van der Waals surface area contributed by atoms with Gasteiger partial charge in [0.25, 0.3) is 11.5 Å². The first kappa shape index (κ1) is 24.3. The zero-order chi connectivity index (χ0) is 25.9. The second kappa shape index (κ2) is 8.60. The van der Waals surface area contributed by atoms with E-state index in [9.17, 15) is 14.7 Å². The first-order chi connectivity index (χ1) is 17.0. The van der Waals surface area contributed by atoms with Crippen LogP contribution in [0, 0.1) is 20.8 Å². The fourth-order valence-corrected chi connectivity index (χ4v) is 5.71. The van der Waals surface area contributed by atoms with Gasteiger partial charge in [-0.3, -0.25) is 14.6 Å². The quantitative estimate of drug-likeness (QED) is 0.347. The molecule has 1 amide bonds. The van der Waals surface area contributed by atoms with Crippen LogP contribution in [0.4, 0.5) is 0 Å². The van der Waals surface area contributed by atoms with Gasteiger partial charge in [0, 0.05) is 46.9 Å². The maximum Gasteiger partial charge on any atom is 0.274 e. The highest BCUT2D eigenvalue weighted by Crippen LogP contribution is 2.49. The molecule has 4 aromatic heterocycles. The summed E-state index contributed by atoms with van der Waals surface area (Å²) in [5.74, 6) is 1.03. The van der Waals surface area contributed by atoms with Crippen molar-refractivity contribution >= 4 is 28.1 Å². The van der Waals surface area contributed by atoms with Crippen molar-refractivity contribution in [3.63, 3.8) is 0 Å². The number of aliphatic hydroxyl groups is 1. The molecule has 0 radical (unpaired) electrons. The lowest BCUT2D eigenvalue weighted by molar-refractivity contribution is 0.0817. The molecule has 4 heterocycles. The summed E-state index contributed by atoms with van der Waals surface area (Å²) in [6.07, 6.45) is 5.45. The van der Waals surface area contributed by atoms with Crippen LogP contribution in [-0.4, -0.2) is 31.6 Å². The average Bonchev–Trinajstić information content (AvgIpc) is 3.38. The van der Waals surface area contributed by atoms with E-state index in [1.54, 1.807) is 39.4 Å². The Morgan fingerprint density at radius 2 is 2.00 bits per heavy atom. The first-order valence-corrected chi connectivity index (χ1v) is 12.8. The summed E-state index contributed by atoms with van der Waals surface area (Å²) in [4.78, 5) is 34.7. The van der Waals surface area contributed by atoms with Crippen LogP contribution in [0.25, 0.3) is 21.3 Å². The lowest BCUT2D eigenvalue weighted by atomic mass is 10.0. The molecule has 3 N–H and O–H groups in total. The number of H-pyrrole nitrogens is 1. The maximum atomic E-state index is 13.0. The van der Waals surface area contributed by atoms with E-state index >= 15 is 0 Å². The molecule has 1 fully saturated rings. The smallest absolute Gasteiger partial charge is 0.274 e. The van der Waals surface area contributed by atoms with Gasteiger partial charge in [-0.15, -0.1) is 11.3 Å². The van der Waals surface area contributed by atoms with Crippen molar-refractivity contribution in [3.05, 3.63) is 62.3 Å². The van der Waals surface area contributed by atoms with Crippen molar-refractivity contribution in [2.75, 3.05) is 0 Å². The number of carbonyl (C=O) groups is 1. The molecule has 1 aliphatic rings. The molecule has 0 spiro atoms. The summed E-state index contributed by atoms with van der Waals surface area (Å²) < 4.78 is 8.03. The zero-order valence-electron chi connectivity index (χ0n) is 21.3. The zero-order valence-corrected chi connectivity index (χ0v) is 22.1. The highest BCUT2D eigenvalue weighted by molar-refractivity contribution is 7.16. The number of pyridine rings is 2. The highest BCUT2D eigenvalue weighted by Gasteiger charge is 2.30. The second-order valence-corrected chi connectivity index (χ2v) is 11.1. The molecule has 36 heavy (non-hydrogen) atoms. The fraction of sp³-hybridized carbons (Fsp3) is 0.370. The Bertz CT molecular complexity index is 1550. The molecule has 0 aliphatic heterocycles. The molecule has 0 saturated heterocycles. The number of hydrogen-bond acceptors (Lipinski definition) is 6. The third-order valence-corrected chi connectivity index (χ3v) is 8.12. The standard InChI is InChI=1S/C27H30N4O4S/c1-13-9-10-28-15(3)21(13)35-22-14(2)24(27(4,5)34)36-23(22)18-12-31(6)26(33)20-17(18)11-19(30-20)25(32)29-16-7-8-16/h9-12,16,30,34H,7-8H2,1-6H3,(H,29,32). The number of amides is 1. The van der Waals surface area contributed by atoms with Crippen LogP contribution < -0.4 is 15.6 Å². The van der Waals surface area contributed by atoms with Crippen LogP contribution >= 0.6 is 11.3 Å². The van der Waals surface area contributed by atoms with Gasteiger partial charge in [-0.05, 0) is 65.2 Å². The van der Waals surface area contributed by atoms with Crippen LogP contribution in [0.1, 0.15) is 58.9 Å². The van der Waals surface area contributed by atoms with Gasteiger partial charge in [-0.2, -0.15) is 0 Å². The van der Waals surface area contributed by atoms with Crippen LogP contribution in [0.5, 0.6) is 11.5 Å². The largest absolute Gasteiger partial charge is 0.453 e. The lowest BCUT2D eigenvalue weighted by Crippen LogP contribution is -2.25. The Kier molecular flexibility index (Phi) is 5.80. The van der Waals surface area contributed by atoms with Crippen molar-refractivity contribution in [1.29, 1.82) is 0 Å². The predicted molar refractivity (Wildman–Crippen MR) is 141 cm³/mol. The molecule has 0 unspecified atom stereocenters. The molecule has 8 nitrogen and oxygen atoms in total. The molecule has 5 rings (SSSR count). The van der Waals surface area contributed by atoms with Gasteiger partial charge in [0.15, 0.2) is 5.75 Å². The number of hydrogen-bond donors (Lipinski definition) is 3. The number of aromatic amines is 1. The van der Waals surface area contributed by atoms with E-state index < -0.39 is 5.60 Å². The van der Waals surface area contributed by atoms with Crippen LogP contribution in [0.15, 0.2) is 29.3 Å².